The van der Waals surface area contributed by atoms with E-state index in [1.165, 1.54) is 43.6 Å². The number of nitrogens with zero attached hydrogens (tertiary/aromatic N) is 2. The van der Waals surface area contributed by atoms with Crippen molar-refractivity contribution in [2.45, 2.75) is 0 Å². The van der Waals surface area contributed by atoms with Gasteiger partial charge in [-0.1, -0.05) is 0 Å². The summed E-state index contributed by atoms with van der Waals surface area (Å²) in [6.45, 7) is 0. The standard InChI is InChI=1S/C13H12N4O4/c1-20-9-2-3-11(10(7-9)17(18)19)21-12-6-8(13(14)15)4-5-16-12/h2-7H,1H3,(H3,14,15). The van der Waals surface area contributed by atoms with Gasteiger partial charge in [-0.05, 0) is 18.2 Å². The van der Waals surface area contributed by atoms with Crippen LogP contribution in [-0.2, 0) is 0 Å². The molecule has 0 saturated carbocycles. The molecule has 0 saturated heterocycles. The lowest BCUT2D eigenvalue weighted by Crippen LogP contribution is -2.11. The number of nitrogen functional groups attached to an aromatic ring is 1. The Labute approximate surface area is 119 Å². The number of rotatable bonds is 5. The van der Waals surface area contributed by atoms with Crippen molar-refractivity contribution in [3.63, 3.8) is 0 Å². The molecular weight excluding hydrogens is 276 g/mol. The predicted octanol–water partition coefficient (Wildman–Crippen LogP) is 2.07. The van der Waals surface area contributed by atoms with E-state index in [1.807, 2.05) is 0 Å². The van der Waals surface area contributed by atoms with Crippen LogP contribution >= 0.6 is 0 Å². The molecule has 0 amide bonds. The van der Waals surface area contributed by atoms with E-state index in [4.69, 9.17) is 20.6 Å². The molecule has 108 valence electrons. The van der Waals surface area contributed by atoms with Gasteiger partial charge in [-0.2, -0.15) is 0 Å². The third kappa shape index (κ3) is 3.24. The molecule has 0 aliphatic rings. The minimum absolute atomic E-state index is 0.0222. The predicted molar refractivity (Wildman–Crippen MR) is 75.0 cm³/mol. The molecule has 8 heteroatoms. The van der Waals surface area contributed by atoms with Gasteiger partial charge in [-0.25, -0.2) is 4.98 Å². The lowest BCUT2D eigenvalue weighted by atomic mass is 10.2. The van der Waals surface area contributed by atoms with Crippen molar-refractivity contribution in [3.05, 3.63) is 52.2 Å². The Morgan fingerprint density at radius 3 is 2.76 bits per heavy atom. The Kier molecular flexibility index (Phi) is 3.98. The molecule has 0 aliphatic carbocycles. The maximum atomic E-state index is 11.1. The molecule has 0 radical (unpaired) electrons. The average Bonchev–Trinajstić information content (AvgIpc) is 2.47. The highest BCUT2D eigenvalue weighted by atomic mass is 16.6. The van der Waals surface area contributed by atoms with Crippen LogP contribution in [0.4, 0.5) is 5.69 Å². The smallest absolute Gasteiger partial charge is 0.315 e. The maximum Gasteiger partial charge on any atom is 0.315 e. The van der Waals surface area contributed by atoms with E-state index < -0.39 is 4.92 Å². The normalized spacial score (nSPS) is 9.95. The van der Waals surface area contributed by atoms with E-state index in [1.54, 1.807) is 0 Å². The number of nitrogens with one attached hydrogen (secondary N) is 1. The molecule has 0 unspecified atom stereocenters. The quantitative estimate of drug-likeness (QED) is 0.375. The number of nitro benzene ring substituents is 1. The highest BCUT2D eigenvalue weighted by Gasteiger charge is 2.18. The van der Waals surface area contributed by atoms with Gasteiger partial charge in [0.25, 0.3) is 0 Å². The number of nitro groups is 1. The van der Waals surface area contributed by atoms with E-state index in [-0.39, 0.29) is 23.2 Å². The Hall–Kier alpha value is -3.16. The first-order valence-corrected chi connectivity index (χ1v) is 5.82. The van der Waals surface area contributed by atoms with Crippen LogP contribution in [0.25, 0.3) is 0 Å². The van der Waals surface area contributed by atoms with E-state index in [0.29, 0.717) is 11.3 Å². The van der Waals surface area contributed by atoms with Crippen molar-refractivity contribution in [1.82, 2.24) is 4.98 Å². The first kappa shape index (κ1) is 14.3. The van der Waals surface area contributed by atoms with Gasteiger partial charge in [0.15, 0.2) is 0 Å². The van der Waals surface area contributed by atoms with Crippen LogP contribution in [0.15, 0.2) is 36.5 Å². The van der Waals surface area contributed by atoms with Crippen LogP contribution in [0, 0.1) is 15.5 Å². The first-order chi connectivity index (χ1) is 10.0. The minimum atomic E-state index is -0.577. The zero-order chi connectivity index (χ0) is 15.4. The molecule has 1 aromatic carbocycles. The van der Waals surface area contributed by atoms with E-state index in [9.17, 15) is 10.1 Å². The van der Waals surface area contributed by atoms with Crippen LogP contribution < -0.4 is 15.2 Å². The Bertz CT molecular complexity index is 702. The number of amidine groups is 1. The van der Waals surface area contributed by atoms with Gasteiger partial charge in [0, 0.05) is 17.8 Å². The number of hydrogen-bond acceptors (Lipinski definition) is 6. The Morgan fingerprint density at radius 2 is 2.14 bits per heavy atom. The summed E-state index contributed by atoms with van der Waals surface area (Å²) in [4.78, 5) is 14.4. The van der Waals surface area contributed by atoms with Gasteiger partial charge in [-0.3, -0.25) is 15.5 Å². The van der Waals surface area contributed by atoms with Gasteiger partial charge >= 0.3 is 5.69 Å². The zero-order valence-corrected chi connectivity index (χ0v) is 11.1. The topological polar surface area (TPSA) is 124 Å². The van der Waals surface area contributed by atoms with E-state index in [0.717, 1.165) is 0 Å². The summed E-state index contributed by atoms with van der Waals surface area (Å²) < 4.78 is 10.3. The molecule has 0 fully saturated rings. The molecule has 1 aromatic heterocycles. The molecule has 21 heavy (non-hydrogen) atoms. The van der Waals surface area contributed by atoms with Crippen molar-refractivity contribution in [2.75, 3.05) is 7.11 Å². The highest BCUT2D eigenvalue weighted by Crippen LogP contribution is 2.33. The van der Waals surface area contributed by atoms with E-state index >= 15 is 0 Å². The third-order valence-electron chi connectivity index (χ3n) is 2.62. The number of nitrogens with two attached hydrogens (primary N) is 1. The molecule has 2 rings (SSSR count). The largest absolute Gasteiger partial charge is 0.496 e. The highest BCUT2D eigenvalue weighted by molar-refractivity contribution is 5.95. The van der Waals surface area contributed by atoms with Gasteiger partial charge in [0.2, 0.25) is 11.6 Å². The molecule has 3 N–H and O–H groups in total. The molecule has 2 aromatic rings. The number of pyridine rings is 1. The van der Waals surface area contributed by atoms with Crippen LogP contribution in [0.3, 0.4) is 0 Å². The summed E-state index contributed by atoms with van der Waals surface area (Å²) >= 11 is 0. The first-order valence-electron chi connectivity index (χ1n) is 5.82. The monoisotopic (exact) mass is 288 g/mol. The van der Waals surface area contributed by atoms with E-state index in [2.05, 4.69) is 4.98 Å². The summed E-state index contributed by atoms with van der Waals surface area (Å²) in [7, 11) is 1.41. The van der Waals surface area contributed by atoms with Crippen LogP contribution in [0.5, 0.6) is 17.4 Å². The lowest BCUT2D eigenvalue weighted by molar-refractivity contribution is -0.385. The van der Waals surface area contributed by atoms with Gasteiger partial charge in [0.1, 0.15) is 11.6 Å². The van der Waals surface area contributed by atoms with Gasteiger partial charge in [-0.15, -0.1) is 0 Å². The van der Waals surface area contributed by atoms with Crippen molar-refractivity contribution < 1.29 is 14.4 Å². The molecule has 0 spiro atoms. The van der Waals surface area contributed by atoms with Crippen molar-refractivity contribution in [1.29, 1.82) is 5.41 Å². The average molecular weight is 288 g/mol. The minimum Gasteiger partial charge on any atom is -0.496 e. The maximum absolute atomic E-state index is 11.1. The fourth-order valence-corrected chi connectivity index (χ4v) is 1.60. The summed E-state index contributed by atoms with van der Waals surface area (Å²) in [6.07, 6.45) is 1.40. The summed E-state index contributed by atoms with van der Waals surface area (Å²) in [6, 6.07) is 7.17. The van der Waals surface area contributed by atoms with Gasteiger partial charge in [0.05, 0.1) is 18.1 Å². The summed E-state index contributed by atoms with van der Waals surface area (Å²) in [5.74, 6) is 0.330. The Morgan fingerprint density at radius 1 is 1.38 bits per heavy atom. The molecule has 8 nitrogen and oxygen atoms in total. The molecule has 0 bridgehead atoms. The van der Waals surface area contributed by atoms with Crippen molar-refractivity contribution >= 4 is 11.5 Å². The fourth-order valence-electron chi connectivity index (χ4n) is 1.60. The summed E-state index contributed by atoms with van der Waals surface area (Å²) in [5.41, 5.74) is 5.53. The van der Waals surface area contributed by atoms with Crippen molar-refractivity contribution in [2.24, 2.45) is 5.73 Å². The number of benzene rings is 1. The number of ether oxygens (including phenoxy) is 2. The van der Waals surface area contributed by atoms with Crippen LogP contribution in [0.1, 0.15) is 5.56 Å². The second-order valence-corrected chi connectivity index (χ2v) is 3.99. The fraction of sp³-hybridized carbons (Fsp3) is 0.0769. The second kappa shape index (κ2) is 5.87. The molecule has 0 aliphatic heterocycles. The summed E-state index contributed by atoms with van der Waals surface area (Å²) in [5, 5.41) is 18.4. The van der Waals surface area contributed by atoms with Crippen molar-refractivity contribution in [3.8, 4) is 17.4 Å². The third-order valence-corrected chi connectivity index (χ3v) is 2.62. The molecule has 1 heterocycles. The zero-order valence-electron chi connectivity index (χ0n) is 11.1. The lowest BCUT2D eigenvalue weighted by Gasteiger charge is -2.07. The second-order valence-electron chi connectivity index (χ2n) is 3.99. The number of hydrogen-bond donors (Lipinski definition) is 2. The van der Waals surface area contributed by atoms with Gasteiger partial charge < -0.3 is 15.2 Å². The Balaban J connectivity index is 2.37. The SMILES string of the molecule is COc1ccc(Oc2cc(C(=N)N)ccn2)c([N+](=O)[O-])c1. The van der Waals surface area contributed by atoms with Crippen LogP contribution in [-0.4, -0.2) is 22.9 Å². The molecule has 0 atom stereocenters. The number of aromatic nitrogens is 1. The van der Waals surface area contributed by atoms with Crippen LogP contribution in [0.2, 0.25) is 0 Å². The number of methoxy groups -OCH3 is 1. The molecular formula is C13H12N4O4.